The molecule has 70 valence electrons. The molecule has 3 nitrogen and oxygen atoms in total. The van der Waals surface area contributed by atoms with Crippen LogP contribution < -0.4 is 0 Å². The third-order valence-corrected chi connectivity index (χ3v) is 1.83. The molecule has 0 saturated carbocycles. The SMILES string of the molecule is COC(=O)N1CCCC(F)(F)C1. The molecule has 1 aliphatic rings. The number of hydrogen-bond acceptors (Lipinski definition) is 2. The molecule has 1 rings (SSSR count). The van der Waals surface area contributed by atoms with Gasteiger partial charge >= 0.3 is 6.09 Å². The molecular formula is C7H11F2NO2. The van der Waals surface area contributed by atoms with Gasteiger partial charge < -0.3 is 9.64 Å². The number of carbonyl (C=O) groups is 1. The van der Waals surface area contributed by atoms with Gasteiger partial charge in [-0.15, -0.1) is 0 Å². The molecule has 0 bridgehead atoms. The van der Waals surface area contributed by atoms with Crippen LogP contribution in [0.3, 0.4) is 0 Å². The third kappa shape index (κ3) is 2.06. The molecule has 0 unspecified atom stereocenters. The van der Waals surface area contributed by atoms with Crippen molar-refractivity contribution in [1.29, 1.82) is 0 Å². The van der Waals surface area contributed by atoms with Gasteiger partial charge in [-0.25, -0.2) is 13.6 Å². The van der Waals surface area contributed by atoms with Gasteiger partial charge in [-0.05, 0) is 6.42 Å². The fourth-order valence-electron chi connectivity index (χ4n) is 1.25. The normalized spacial score (nSPS) is 22.1. The minimum Gasteiger partial charge on any atom is -0.453 e. The van der Waals surface area contributed by atoms with E-state index in [0.717, 1.165) is 4.90 Å². The number of halogens is 2. The molecule has 1 amide bonds. The fourth-order valence-corrected chi connectivity index (χ4v) is 1.25. The summed E-state index contributed by atoms with van der Waals surface area (Å²) in [6, 6.07) is 0. The molecule has 0 N–H and O–H groups in total. The van der Waals surface area contributed by atoms with Gasteiger partial charge in [0.25, 0.3) is 5.92 Å². The van der Waals surface area contributed by atoms with Crippen LogP contribution in [0.15, 0.2) is 0 Å². The zero-order valence-electron chi connectivity index (χ0n) is 6.85. The summed E-state index contributed by atoms with van der Waals surface area (Å²) in [5, 5.41) is 0. The van der Waals surface area contributed by atoms with Gasteiger partial charge in [0.15, 0.2) is 0 Å². The summed E-state index contributed by atoms with van der Waals surface area (Å²) in [7, 11) is 1.19. The van der Waals surface area contributed by atoms with Crippen molar-refractivity contribution in [3.8, 4) is 0 Å². The lowest BCUT2D eigenvalue weighted by atomic mass is 10.1. The minimum absolute atomic E-state index is 0.138. The number of alkyl halides is 2. The van der Waals surface area contributed by atoms with E-state index < -0.39 is 18.6 Å². The average Bonchev–Trinajstić information content (AvgIpc) is 2.01. The maximum atomic E-state index is 12.7. The molecule has 0 radical (unpaired) electrons. The van der Waals surface area contributed by atoms with Crippen LogP contribution in [0.4, 0.5) is 13.6 Å². The van der Waals surface area contributed by atoms with E-state index in [4.69, 9.17) is 0 Å². The Morgan fingerprint density at radius 3 is 2.75 bits per heavy atom. The second-order valence-electron chi connectivity index (χ2n) is 2.85. The zero-order chi connectivity index (χ0) is 9.19. The van der Waals surface area contributed by atoms with Gasteiger partial charge in [0, 0.05) is 13.0 Å². The van der Waals surface area contributed by atoms with Crippen molar-refractivity contribution in [3.05, 3.63) is 0 Å². The maximum absolute atomic E-state index is 12.7. The first-order valence-corrected chi connectivity index (χ1v) is 3.76. The van der Waals surface area contributed by atoms with Crippen LogP contribution in [-0.4, -0.2) is 37.1 Å². The monoisotopic (exact) mass is 179 g/mol. The Hall–Kier alpha value is -0.870. The van der Waals surface area contributed by atoms with Gasteiger partial charge in [-0.2, -0.15) is 0 Å². The highest BCUT2D eigenvalue weighted by molar-refractivity contribution is 5.67. The summed E-state index contributed by atoms with van der Waals surface area (Å²) in [4.78, 5) is 11.9. The Balaban J connectivity index is 2.52. The Kier molecular flexibility index (Phi) is 2.49. The molecule has 0 aromatic rings. The van der Waals surface area contributed by atoms with Crippen molar-refractivity contribution >= 4 is 6.09 Å². The average molecular weight is 179 g/mol. The van der Waals surface area contributed by atoms with E-state index in [1.165, 1.54) is 7.11 Å². The van der Waals surface area contributed by atoms with E-state index in [0.29, 0.717) is 13.0 Å². The predicted octanol–water partition coefficient (Wildman–Crippen LogP) is 1.48. The molecule has 0 aromatic carbocycles. The van der Waals surface area contributed by atoms with E-state index in [1.54, 1.807) is 0 Å². The Bertz CT molecular complexity index is 184. The molecule has 0 aromatic heterocycles. The second-order valence-corrected chi connectivity index (χ2v) is 2.85. The van der Waals surface area contributed by atoms with Crippen LogP contribution in [0, 0.1) is 0 Å². The summed E-state index contributed by atoms with van der Waals surface area (Å²) >= 11 is 0. The van der Waals surface area contributed by atoms with Crippen LogP contribution in [-0.2, 0) is 4.74 Å². The van der Waals surface area contributed by atoms with Gasteiger partial charge in [-0.3, -0.25) is 0 Å². The maximum Gasteiger partial charge on any atom is 0.409 e. The summed E-state index contributed by atoms with van der Waals surface area (Å²) < 4.78 is 29.7. The van der Waals surface area contributed by atoms with E-state index in [2.05, 4.69) is 4.74 Å². The van der Waals surface area contributed by atoms with Gasteiger partial charge in [0.2, 0.25) is 0 Å². The lowest BCUT2D eigenvalue weighted by molar-refractivity contribution is -0.0589. The van der Waals surface area contributed by atoms with Crippen molar-refractivity contribution in [2.45, 2.75) is 18.8 Å². The van der Waals surface area contributed by atoms with Crippen molar-refractivity contribution < 1.29 is 18.3 Å². The highest BCUT2D eigenvalue weighted by Gasteiger charge is 2.37. The topological polar surface area (TPSA) is 29.5 Å². The van der Waals surface area contributed by atoms with E-state index in [1.807, 2.05) is 0 Å². The van der Waals surface area contributed by atoms with Gasteiger partial charge in [0.1, 0.15) is 0 Å². The summed E-state index contributed by atoms with van der Waals surface area (Å²) in [5.41, 5.74) is 0. The van der Waals surface area contributed by atoms with Crippen LogP contribution in [0.2, 0.25) is 0 Å². The highest BCUT2D eigenvalue weighted by atomic mass is 19.3. The molecule has 1 heterocycles. The number of ether oxygens (including phenoxy) is 1. The first-order valence-electron chi connectivity index (χ1n) is 3.76. The van der Waals surface area contributed by atoms with Crippen molar-refractivity contribution in [1.82, 2.24) is 4.90 Å². The van der Waals surface area contributed by atoms with E-state index >= 15 is 0 Å². The molecule has 1 saturated heterocycles. The molecule has 0 spiro atoms. The van der Waals surface area contributed by atoms with Crippen LogP contribution in [0.5, 0.6) is 0 Å². The molecule has 1 aliphatic heterocycles. The largest absolute Gasteiger partial charge is 0.453 e. The van der Waals surface area contributed by atoms with Crippen molar-refractivity contribution in [2.24, 2.45) is 0 Å². The smallest absolute Gasteiger partial charge is 0.409 e. The number of rotatable bonds is 0. The van der Waals surface area contributed by atoms with Gasteiger partial charge in [-0.1, -0.05) is 0 Å². The molecule has 0 atom stereocenters. The van der Waals surface area contributed by atoms with Crippen molar-refractivity contribution in [2.75, 3.05) is 20.2 Å². The lowest BCUT2D eigenvalue weighted by Crippen LogP contribution is -2.45. The summed E-state index contributed by atoms with van der Waals surface area (Å²) in [5.74, 6) is -2.74. The van der Waals surface area contributed by atoms with Crippen molar-refractivity contribution in [3.63, 3.8) is 0 Å². The Morgan fingerprint density at radius 1 is 1.58 bits per heavy atom. The van der Waals surface area contributed by atoms with Crippen LogP contribution in [0.1, 0.15) is 12.8 Å². The van der Waals surface area contributed by atoms with E-state index in [9.17, 15) is 13.6 Å². The van der Waals surface area contributed by atoms with Gasteiger partial charge in [0.05, 0.1) is 13.7 Å². The Morgan fingerprint density at radius 2 is 2.25 bits per heavy atom. The zero-order valence-corrected chi connectivity index (χ0v) is 6.85. The number of amides is 1. The molecule has 12 heavy (non-hydrogen) atoms. The Labute approximate surface area is 69.3 Å². The third-order valence-electron chi connectivity index (χ3n) is 1.83. The lowest BCUT2D eigenvalue weighted by Gasteiger charge is -2.31. The molecule has 1 fully saturated rings. The summed E-state index contributed by atoms with van der Waals surface area (Å²) in [6.45, 7) is -0.151. The number of carbonyl (C=O) groups excluding carboxylic acids is 1. The predicted molar refractivity (Wildman–Crippen MR) is 38.2 cm³/mol. The number of piperidine rings is 1. The molecule has 5 heteroatoms. The second kappa shape index (κ2) is 3.25. The number of methoxy groups -OCH3 is 1. The fraction of sp³-hybridized carbons (Fsp3) is 0.857. The number of nitrogens with zero attached hydrogens (tertiary/aromatic N) is 1. The number of hydrogen-bond donors (Lipinski definition) is 0. The molecular weight excluding hydrogens is 168 g/mol. The van der Waals surface area contributed by atoms with E-state index in [-0.39, 0.29) is 6.42 Å². The first-order chi connectivity index (χ1) is 5.55. The van der Waals surface area contributed by atoms with Crippen LogP contribution in [0.25, 0.3) is 0 Å². The summed E-state index contributed by atoms with van der Waals surface area (Å²) in [6.07, 6.45) is -0.475. The standard InChI is InChI=1S/C7H11F2NO2/c1-12-6(11)10-4-2-3-7(8,9)5-10/h2-5H2,1H3. The molecule has 0 aliphatic carbocycles. The quantitative estimate of drug-likeness (QED) is 0.563. The number of likely N-dealkylation sites (tertiary alicyclic amines) is 1. The highest BCUT2D eigenvalue weighted by Crippen LogP contribution is 2.26. The minimum atomic E-state index is -2.74. The van der Waals surface area contributed by atoms with Crippen LogP contribution >= 0.6 is 0 Å². The first kappa shape index (κ1) is 9.22.